The zero-order valence-electron chi connectivity index (χ0n) is 17.1. The lowest BCUT2D eigenvalue weighted by atomic mass is 10.1. The van der Waals surface area contributed by atoms with Crippen LogP contribution in [0.15, 0.2) is 47.5 Å². The minimum atomic E-state index is -4.84. The Morgan fingerprint density at radius 1 is 1.27 bits per heavy atom. The molecule has 2 atom stereocenters. The minimum Gasteiger partial charge on any atom is -0.406 e. The van der Waals surface area contributed by atoms with Crippen LogP contribution in [0.1, 0.15) is 10.4 Å². The van der Waals surface area contributed by atoms with Gasteiger partial charge in [-0.15, -0.1) is 13.2 Å². The van der Waals surface area contributed by atoms with Crippen molar-refractivity contribution in [3.63, 3.8) is 0 Å². The number of aromatic nitrogens is 4. The van der Waals surface area contributed by atoms with Crippen molar-refractivity contribution in [3.05, 3.63) is 58.6 Å². The van der Waals surface area contributed by atoms with Gasteiger partial charge in [0.1, 0.15) is 17.0 Å². The zero-order chi connectivity index (χ0) is 23.8. The molecule has 13 heteroatoms. The van der Waals surface area contributed by atoms with Crippen molar-refractivity contribution >= 4 is 5.91 Å². The van der Waals surface area contributed by atoms with E-state index in [0.717, 1.165) is 16.8 Å². The Hall–Kier alpha value is -3.71. The van der Waals surface area contributed by atoms with E-state index in [2.05, 4.69) is 20.3 Å². The summed E-state index contributed by atoms with van der Waals surface area (Å²) in [6.45, 7) is 0.140. The van der Waals surface area contributed by atoms with E-state index in [1.54, 1.807) is 7.05 Å². The summed E-state index contributed by atoms with van der Waals surface area (Å²) in [5.41, 5.74) is -0.265. The Kier molecular flexibility index (Phi) is 5.91. The van der Waals surface area contributed by atoms with Crippen LogP contribution >= 0.6 is 0 Å². The summed E-state index contributed by atoms with van der Waals surface area (Å²) in [6, 6.07) is 5.35. The lowest BCUT2D eigenvalue weighted by molar-refractivity contribution is -0.274. The molecule has 0 aliphatic carbocycles. The zero-order valence-corrected chi connectivity index (χ0v) is 17.1. The maximum atomic E-state index is 13.0. The summed E-state index contributed by atoms with van der Waals surface area (Å²) in [4.78, 5) is 25.9. The lowest BCUT2D eigenvalue weighted by Gasteiger charge is -2.15. The van der Waals surface area contributed by atoms with E-state index in [9.17, 15) is 27.9 Å². The summed E-state index contributed by atoms with van der Waals surface area (Å²) in [5.74, 6) is -1.19. The first-order valence-electron chi connectivity index (χ1n) is 9.67. The Morgan fingerprint density at radius 3 is 2.58 bits per heavy atom. The van der Waals surface area contributed by atoms with Gasteiger partial charge >= 0.3 is 6.36 Å². The molecule has 1 amide bonds. The van der Waals surface area contributed by atoms with E-state index >= 15 is 0 Å². The van der Waals surface area contributed by atoms with Crippen LogP contribution in [-0.2, 0) is 11.8 Å². The second kappa shape index (κ2) is 8.67. The molecule has 4 rings (SSSR count). The van der Waals surface area contributed by atoms with Crippen LogP contribution in [0.3, 0.4) is 0 Å². The third-order valence-corrected chi connectivity index (χ3v) is 4.84. The molecule has 1 aromatic carbocycles. The Morgan fingerprint density at radius 2 is 2.00 bits per heavy atom. The summed E-state index contributed by atoms with van der Waals surface area (Å²) in [5, 5.41) is 20.7. The molecule has 0 saturated carbocycles. The van der Waals surface area contributed by atoms with Crippen molar-refractivity contribution in [3.8, 4) is 22.7 Å². The highest BCUT2D eigenvalue weighted by Crippen LogP contribution is 2.26. The number of benzene rings is 1. The monoisotopic (exact) mass is 465 g/mol. The summed E-state index contributed by atoms with van der Waals surface area (Å²) in [6.07, 6.45) is -2.88. The van der Waals surface area contributed by atoms with Gasteiger partial charge in [0.2, 0.25) is 0 Å². The maximum absolute atomic E-state index is 13.0. The Balaban J connectivity index is 1.74. The third kappa shape index (κ3) is 5.04. The van der Waals surface area contributed by atoms with Gasteiger partial charge in [0.05, 0.1) is 43.4 Å². The average Bonchev–Trinajstić information content (AvgIpc) is 3.35. The van der Waals surface area contributed by atoms with E-state index in [-0.39, 0.29) is 30.2 Å². The van der Waals surface area contributed by atoms with E-state index < -0.39 is 35.7 Å². The number of hydrogen-bond donors (Lipinski definition) is 2. The normalized spacial score (nSPS) is 18.3. The molecule has 2 N–H and O–H groups in total. The second-order valence-corrected chi connectivity index (χ2v) is 7.29. The smallest absolute Gasteiger partial charge is 0.406 e. The molecule has 1 aliphatic rings. The van der Waals surface area contributed by atoms with Crippen LogP contribution in [-0.4, -0.2) is 62.3 Å². The van der Waals surface area contributed by atoms with Crippen LogP contribution in [0, 0.1) is 0 Å². The predicted molar refractivity (Wildman–Crippen MR) is 107 cm³/mol. The molecule has 0 bridgehead atoms. The third-order valence-electron chi connectivity index (χ3n) is 4.84. The van der Waals surface area contributed by atoms with Gasteiger partial charge in [0.25, 0.3) is 11.5 Å². The molecule has 33 heavy (non-hydrogen) atoms. The Bertz CT molecular complexity index is 1220. The first kappa shape index (κ1) is 22.5. The van der Waals surface area contributed by atoms with Gasteiger partial charge in [0.15, 0.2) is 0 Å². The number of carbonyl (C=O) groups excluding carboxylic acids is 1. The van der Waals surface area contributed by atoms with Crippen molar-refractivity contribution < 1.29 is 32.5 Å². The molecule has 174 valence electrons. The van der Waals surface area contributed by atoms with Crippen LogP contribution in [0.2, 0.25) is 0 Å². The number of aliphatic hydroxyl groups is 1. The number of aliphatic hydroxyl groups excluding tert-OH is 1. The van der Waals surface area contributed by atoms with Gasteiger partial charge in [-0.1, -0.05) is 0 Å². The number of ether oxygens (including phenoxy) is 2. The topological polar surface area (TPSA) is 121 Å². The molecule has 0 radical (unpaired) electrons. The number of nitrogens with one attached hydrogen (secondary N) is 1. The molecule has 3 heterocycles. The summed E-state index contributed by atoms with van der Waals surface area (Å²) < 4.78 is 48.7. The van der Waals surface area contributed by atoms with Gasteiger partial charge in [-0.05, 0) is 30.3 Å². The molecular weight excluding hydrogens is 447 g/mol. The number of rotatable bonds is 5. The van der Waals surface area contributed by atoms with Crippen LogP contribution < -0.4 is 15.6 Å². The lowest BCUT2D eigenvalue weighted by Crippen LogP contribution is -2.44. The first-order chi connectivity index (χ1) is 15.6. The quantitative estimate of drug-likeness (QED) is 0.577. The summed E-state index contributed by atoms with van der Waals surface area (Å²) >= 11 is 0. The number of nitrogens with zero attached hydrogens (tertiary/aromatic N) is 4. The van der Waals surface area contributed by atoms with Gasteiger partial charge in [-0.2, -0.15) is 14.9 Å². The molecule has 1 fully saturated rings. The van der Waals surface area contributed by atoms with Crippen molar-refractivity contribution in [2.24, 2.45) is 7.05 Å². The van der Waals surface area contributed by atoms with Gasteiger partial charge < -0.3 is 19.9 Å². The fourth-order valence-electron chi connectivity index (χ4n) is 3.25. The fourth-order valence-corrected chi connectivity index (χ4v) is 3.25. The molecular formula is C20H18F3N5O5. The van der Waals surface area contributed by atoms with Gasteiger partial charge in [-0.25, -0.2) is 0 Å². The van der Waals surface area contributed by atoms with E-state index in [4.69, 9.17) is 4.74 Å². The molecule has 1 saturated heterocycles. The van der Waals surface area contributed by atoms with Crippen LogP contribution in [0.4, 0.5) is 13.2 Å². The van der Waals surface area contributed by atoms with Gasteiger partial charge in [0, 0.05) is 12.6 Å². The minimum absolute atomic E-state index is 0.0544. The number of carbonyl (C=O) groups is 1. The molecule has 10 nitrogen and oxygen atoms in total. The van der Waals surface area contributed by atoms with E-state index in [1.807, 2.05) is 0 Å². The second-order valence-electron chi connectivity index (χ2n) is 7.29. The largest absolute Gasteiger partial charge is 0.573 e. The first-order valence-corrected chi connectivity index (χ1v) is 9.67. The van der Waals surface area contributed by atoms with Crippen molar-refractivity contribution in [2.75, 3.05) is 13.2 Å². The van der Waals surface area contributed by atoms with Crippen molar-refractivity contribution in [1.82, 2.24) is 24.9 Å². The number of alkyl halides is 3. The van der Waals surface area contributed by atoms with Crippen LogP contribution in [0.5, 0.6) is 5.75 Å². The number of hydrogen-bond acceptors (Lipinski definition) is 7. The number of amides is 1. The molecule has 2 aromatic heterocycles. The highest BCUT2D eigenvalue weighted by atomic mass is 19.4. The fraction of sp³-hybridized carbons (Fsp3) is 0.300. The van der Waals surface area contributed by atoms with Crippen LogP contribution in [0.25, 0.3) is 16.9 Å². The average molecular weight is 465 g/mol. The molecule has 0 spiro atoms. The van der Waals surface area contributed by atoms with Crippen molar-refractivity contribution in [2.45, 2.75) is 18.5 Å². The number of aryl methyl sites for hydroxylation is 1. The predicted octanol–water partition coefficient (Wildman–Crippen LogP) is 1.02. The van der Waals surface area contributed by atoms with E-state index in [0.29, 0.717) is 5.56 Å². The Labute approximate surface area is 184 Å². The highest BCUT2D eigenvalue weighted by molar-refractivity contribution is 5.95. The standard InChI is InChI=1S/C20H18F3N5O5/c1-27-8-12(7-24-27)28-19(31)14(18(30)25-16-9-32-10-17(16)29)6-15(26-28)11-2-4-13(5-3-11)33-20(21,22)23/h2-8,16-17,29H,9-10H2,1H3,(H,25,30). The maximum Gasteiger partial charge on any atom is 0.573 e. The van der Waals surface area contributed by atoms with Crippen molar-refractivity contribution in [1.29, 1.82) is 0 Å². The molecule has 3 aromatic rings. The summed E-state index contributed by atoms with van der Waals surface area (Å²) in [7, 11) is 1.63. The molecule has 2 unspecified atom stereocenters. The molecule has 1 aliphatic heterocycles. The highest BCUT2D eigenvalue weighted by Gasteiger charge is 2.31. The van der Waals surface area contributed by atoms with Gasteiger partial charge in [-0.3, -0.25) is 14.3 Å². The SMILES string of the molecule is Cn1cc(-n2nc(-c3ccc(OC(F)(F)F)cc3)cc(C(=O)NC3COCC3O)c2=O)cn1. The number of halogens is 3. The van der Waals surface area contributed by atoms with E-state index in [1.165, 1.54) is 35.3 Å².